The van der Waals surface area contributed by atoms with Crippen LogP contribution in [0.15, 0.2) is 35.3 Å². The maximum absolute atomic E-state index is 15.6. The Bertz CT molecular complexity index is 1580. The van der Waals surface area contributed by atoms with Crippen molar-refractivity contribution in [3.8, 4) is 16.9 Å². The summed E-state index contributed by atoms with van der Waals surface area (Å²) in [5.41, 5.74) is -0.908. The van der Waals surface area contributed by atoms with Crippen LogP contribution in [0.1, 0.15) is 53.2 Å². The third-order valence-electron chi connectivity index (χ3n) is 7.54. The number of carboxylic acids is 1. The molecule has 0 saturated heterocycles. The number of halogens is 4. The Hall–Kier alpha value is -3.89. The van der Waals surface area contributed by atoms with Crippen molar-refractivity contribution in [2.24, 2.45) is 0 Å². The quantitative estimate of drug-likeness (QED) is 0.497. The number of ether oxygens (including phenoxy) is 1. The van der Waals surface area contributed by atoms with Gasteiger partial charge in [-0.1, -0.05) is 12.1 Å². The van der Waals surface area contributed by atoms with E-state index in [1.807, 2.05) is 0 Å². The smallest absolute Gasteiger partial charge is 0.471 e. The fraction of sp³-hybridized carbons (Fsp3) is 0.346. The van der Waals surface area contributed by atoms with Crippen molar-refractivity contribution in [2.45, 2.75) is 50.0 Å². The molecule has 37 heavy (non-hydrogen) atoms. The van der Waals surface area contributed by atoms with Gasteiger partial charge < -0.3 is 24.1 Å². The van der Waals surface area contributed by atoms with Crippen LogP contribution in [0.5, 0.6) is 5.75 Å². The molecule has 1 spiro atoms. The number of alkyl halides is 3. The predicted octanol–water partition coefficient (Wildman–Crippen LogP) is 3.41. The highest BCUT2D eigenvalue weighted by molar-refractivity contribution is 5.97. The first-order valence-corrected chi connectivity index (χ1v) is 11.7. The van der Waals surface area contributed by atoms with Crippen molar-refractivity contribution >= 4 is 22.8 Å². The lowest BCUT2D eigenvalue weighted by molar-refractivity contribution is -0.255. The van der Waals surface area contributed by atoms with Crippen LogP contribution in [0.25, 0.3) is 22.0 Å². The van der Waals surface area contributed by atoms with Crippen LogP contribution in [0, 0.1) is 5.82 Å². The summed E-state index contributed by atoms with van der Waals surface area (Å²) in [4.78, 5) is 37.3. The molecule has 3 aromatic rings. The monoisotopic (exact) mass is 515 g/mol. The van der Waals surface area contributed by atoms with Gasteiger partial charge in [-0.25, -0.2) is 4.39 Å². The summed E-state index contributed by atoms with van der Waals surface area (Å²) < 4.78 is 62.4. The topological polar surface area (TPSA) is 91.7 Å². The van der Waals surface area contributed by atoms with E-state index in [9.17, 15) is 32.7 Å². The second-order valence-corrected chi connectivity index (χ2v) is 9.75. The lowest BCUT2D eigenvalue weighted by Gasteiger charge is -2.25. The maximum atomic E-state index is 15.6. The van der Waals surface area contributed by atoms with E-state index < -0.39 is 40.4 Å². The summed E-state index contributed by atoms with van der Waals surface area (Å²) in [7, 11) is 1.29. The average molecular weight is 515 g/mol. The summed E-state index contributed by atoms with van der Waals surface area (Å²) in [5, 5.41) is 11.4. The largest absolute Gasteiger partial charge is 0.545 e. The number of rotatable bonds is 4. The molecule has 6 rings (SSSR count). The molecule has 3 aliphatic rings. The van der Waals surface area contributed by atoms with Crippen LogP contribution < -0.4 is 15.3 Å². The number of benzene rings is 2. The highest BCUT2D eigenvalue weighted by atomic mass is 19.4. The van der Waals surface area contributed by atoms with Crippen LogP contribution in [-0.2, 0) is 16.9 Å². The Labute approximate surface area is 206 Å². The molecular formula is C26H19F4N2O5-. The number of pyridine rings is 1. The zero-order valence-electron chi connectivity index (χ0n) is 19.4. The number of aromatic nitrogens is 1. The van der Waals surface area contributed by atoms with Gasteiger partial charge in [-0.3, -0.25) is 9.59 Å². The lowest BCUT2D eigenvalue weighted by Crippen LogP contribution is -2.43. The number of carbonyl (C=O) groups excluding carboxylic acids is 2. The average Bonchev–Trinajstić information content (AvgIpc) is 3.75. The van der Waals surface area contributed by atoms with Gasteiger partial charge in [-0.15, -0.1) is 0 Å². The van der Waals surface area contributed by atoms with Crippen LogP contribution in [-0.4, -0.2) is 34.6 Å². The highest BCUT2D eigenvalue weighted by Crippen LogP contribution is 2.58. The maximum Gasteiger partial charge on any atom is 0.471 e. The molecule has 11 heteroatoms. The number of nitrogens with zero attached hydrogens (tertiary/aromatic N) is 2. The summed E-state index contributed by atoms with van der Waals surface area (Å²) in [6.45, 7) is -0.263. The Morgan fingerprint density at radius 1 is 1.16 bits per heavy atom. The first-order chi connectivity index (χ1) is 17.5. The summed E-state index contributed by atoms with van der Waals surface area (Å²) in [5.74, 6) is -4.43. The third-order valence-corrected chi connectivity index (χ3v) is 7.54. The molecule has 0 radical (unpaired) electrons. The van der Waals surface area contributed by atoms with E-state index in [-0.39, 0.29) is 34.8 Å². The fourth-order valence-electron chi connectivity index (χ4n) is 5.58. The molecule has 1 aromatic heterocycles. The van der Waals surface area contributed by atoms with Gasteiger partial charge in [0.05, 0.1) is 40.6 Å². The molecule has 0 N–H and O–H groups in total. The van der Waals surface area contributed by atoms with E-state index in [4.69, 9.17) is 4.74 Å². The van der Waals surface area contributed by atoms with E-state index in [1.165, 1.54) is 13.3 Å². The number of amides is 1. The van der Waals surface area contributed by atoms with E-state index in [1.54, 1.807) is 22.8 Å². The van der Waals surface area contributed by atoms with Gasteiger partial charge in [0.25, 0.3) is 0 Å². The summed E-state index contributed by atoms with van der Waals surface area (Å²) in [6.07, 6.45) is -1.56. The second-order valence-electron chi connectivity index (χ2n) is 9.75. The molecule has 0 bridgehead atoms. The first kappa shape index (κ1) is 23.5. The molecule has 2 fully saturated rings. The molecule has 0 unspecified atom stereocenters. The van der Waals surface area contributed by atoms with Gasteiger partial charge in [0, 0.05) is 18.8 Å². The van der Waals surface area contributed by atoms with Crippen LogP contribution in [0.2, 0.25) is 0 Å². The molecular weight excluding hydrogens is 496 g/mol. The van der Waals surface area contributed by atoms with Gasteiger partial charge in [0.15, 0.2) is 11.2 Å². The molecule has 1 amide bonds. The van der Waals surface area contributed by atoms with Crippen molar-refractivity contribution in [3.05, 3.63) is 63.2 Å². The van der Waals surface area contributed by atoms with E-state index >= 15 is 4.39 Å². The predicted molar refractivity (Wildman–Crippen MR) is 120 cm³/mol. The zero-order valence-corrected chi connectivity index (χ0v) is 19.4. The number of methoxy groups -OCH3 is 1. The lowest BCUT2D eigenvalue weighted by atomic mass is 9.95. The number of carboxylic acid groups (broad SMARTS) is 1. The van der Waals surface area contributed by atoms with Crippen LogP contribution in [0.4, 0.5) is 17.6 Å². The standard InChI is InChI=1S/C26H20F4N2O5/c1-37-22-19(18(27)9-15-20(22)31(14-3-4-14)11-16(21(15)33)23(34)35)12-2-5-17-13(8-12)10-32(25(17)6-7-25)24(36)26(28,29)30/h2,5,8-9,11,14H,3-4,6-7,10H2,1H3,(H,34,35)/p-1. The number of hydrogen-bond donors (Lipinski definition) is 0. The Morgan fingerprint density at radius 3 is 2.43 bits per heavy atom. The summed E-state index contributed by atoms with van der Waals surface area (Å²) in [6, 6.07) is 5.56. The molecule has 2 heterocycles. The molecule has 0 atom stereocenters. The zero-order chi connectivity index (χ0) is 26.4. The van der Waals surface area contributed by atoms with Crippen molar-refractivity contribution in [1.82, 2.24) is 9.47 Å². The number of hydrogen-bond acceptors (Lipinski definition) is 5. The van der Waals surface area contributed by atoms with Gasteiger partial charge in [-0.05, 0) is 54.5 Å². The van der Waals surface area contributed by atoms with E-state index in [0.717, 1.165) is 23.8 Å². The van der Waals surface area contributed by atoms with Gasteiger partial charge in [0.2, 0.25) is 0 Å². The van der Waals surface area contributed by atoms with Gasteiger partial charge in [0.1, 0.15) is 5.82 Å². The van der Waals surface area contributed by atoms with Crippen LogP contribution >= 0.6 is 0 Å². The Kier molecular flexibility index (Phi) is 4.80. The molecule has 2 saturated carbocycles. The van der Waals surface area contributed by atoms with Gasteiger partial charge >= 0.3 is 12.1 Å². The fourth-order valence-corrected chi connectivity index (χ4v) is 5.58. The normalized spacial score (nSPS) is 17.8. The molecule has 1 aliphatic heterocycles. The number of fused-ring (bicyclic) bond motifs is 3. The van der Waals surface area contributed by atoms with Crippen molar-refractivity contribution in [1.29, 1.82) is 0 Å². The number of carbonyl (C=O) groups is 2. The van der Waals surface area contributed by atoms with E-state index in [2.05, 4.69) is 0 Å². The minimum Gasteiger partial charge on any atom is -0.545 e. The van der Waals surface area contributed by atoms with Crippen LogP contribution in [0.3, 0.4) is 0 Å². The molecule has 2 aliphatic carbocycles. The van der Waals surface area contributed by atoms with E-state index in [0.29, 0.717) is 29.5 Å². The summed E-state index contributed by atoms with van der Waals surface area (Å²) >= 11 is 0. The molecule has 2 aromatic carbocycles. The van der Waals surface area contributed by atoms with Crippen molar-refractivity contribution in [3.63, 3.8) is 0 Å². The highest BCUT2D eigenvalue weighted by Gasteiger charge is 2.60. The molecule has 192 valence electrons. The van der Waals surface area contributed by atoms with Gasteiger partial charge in [-0.2, -0.15) is 13.2 Å². The van der Waals surface area contributed by atoms with Crippen molar-refractivity contribution < 1.29 is 37.0 Å². The minimum atomic E-state index is -5.01. The third kappa shape index (κ3) is 3.36. The Morgan fingerprint density at radius 2 is 1.86 bits per heavy atom. The molecule has 7 nitrogen and oxygen atoms in total. The number of aromatic carboxylic acids is 1. The SMILES string of the molecule is COc1c(-c2ccc3c(c2)CN(C(=O)C(F)(F)F)C32CC2)c(F)cc2c(=O)c(C(=O)[O-])cn(C3CC3)c12. The van der Waals surface area contributed by atoms with Crippen molar-refractivity contribution in [2.75, 3.05) is 7.11 Å². The first-order valence-electron chi connectivity index (χ1n) is 11.7. The Balaban J connectivity index is 1.54. The second kappa shape index (κ2) is 7.56. The minimum absolute atomic E-state index is 0.00574.